The molecule has 28 heavy (non-hydrogen) atoms. The topological polar surface area (TPSA) is 98.5 Å². The van der Waals surface area contributed by atoms with Crippen molar-refractivity contribution in [2.75, 3.05) is 13.2 Å². The Bertz CT molecular complexity index is 1050. The van der Waals surface area contributed by atoms with E-state index in [0.717, 1.165) is 17.4 Å². The molecule has 0 bridgehead atoms. The molecule has 146 valence electrons. The highest BCUT2D eigenvalue weighted by molar-refractivity contribution is 7.92. The molecule has 0 radical (unpaired) electrons. The molecule has 3 heterocycles. The van der Waals surface area contributed by atoms with E-state index in [9.17, 15) is 13.2 Å². The molecule has 0 aliphatic carbocycles. The zero-order valence-electron chi connectivity index (χ0n) is 15.1. The molecule has 2 aromatic heterocycles. The molecule has 0 saturated carbocycles. The van der Waals surface area contributed by atoms with E-state index >= 15 is 0 Å². The second kappa shape index (κ2) is 7.73. The van der Waals surface area contributed by atoms with Crippen molar-refractivity contribution in [3.05, 3.63) is 60.1 Å². The van der Waals surface area contributed by atoms with Gasteiger partial charge in [0.2, 0.25) is 0 Å². The minimum atomic E-state index is -3.40. The van der Waals surface area contributed by atoms with Gasteiger partial charge in [-0.25, -0.2) is 8.42 Å². The fourth-order valence-corrected chi connectivity index (χ4v) is 4.86. The number of nitrogens with one attached hydrogen (secondary N) is 1. The highest BCUT2D eigenvalue weighted by Crippen LogP contribution is 2.23. The van der Waals surface area contributed by atoms with Crippen LogP contribution in [0.25, 0.3) is 11.0 Å². The number of pyridine rings is 1. The molecular weight excluding hydrogens is 380 g/mol. The Morgan fingerprint density at radius 1 is 1.21 bits per heavy atom. The van der Waals surface area contributed by atoms with Crippen LogP contribution in [0.3, 0.4) is 0 Å². The van der Waals surface area contributed by atoms with Crippen molar-refractivity contribution in [1.82, 2.24) is 10.3 Å². The van der Waals surface area contributed by atoms with Crippen molar-refractivity contribution < 1.29 is 22.4 Å². The van der Waals surface area contributed by atoms with Crippen LogP contribution in [0.15, 0.2) is 58.1 Å². The maximum Gasteiger partial charge on any atom is 0.287 e. The molecular formula is C20H20N2O5S. The lowest BCUT2D eigenvalue weighted by Gasteiger charge is -2.22. The largest absolute Gasteiger partial charge is 0.449 e. The number of aromatic nitrogens is 1. The van der Waals surface area contributed by atoms with Gasteiger partial charge in [-0.3, -0.25) is 9.78 Å². The van der Waals surface area contributed by atoms with Gasteiger partial charge in [0, 0.05) is 24.7 Å². The lowest BCUT2D eigenvalue weighted by molar-refractivity contribution is 0.0925. The molecule has 7 nitrogen and oxygen atoms in total. The van der Waals surface area contributed by atoms with Gasteiger partial charge in [0.15, 0.2) is 21.2 Å². The Labute approximate surface area is 162 Å². The third-order valence-corrected chi connectivity index (χ3v) is 6.99. The Morgan fingerprint density at radius 3 is 2.75 bits per heavy atom. The number of hydrogen-bond acceptors (Lipinski definition) is 6. The monoisotopic (exact) mass is 400 g/mol. The Hall–Kier alpha value is -2.71. The van der Waals surface area contributed by atoms with Gasteiger partial charge in [0.05, 0.1) is 22.9 Å². The first kappa shape index (κ1) is 18.6. The van der Waals surface area contributed by atoms with Gasteiger partial charge in [-0.2, -0.15) is 0 Å². The highest BCUT2D eigenvalue weighted by Gasteiger charge is 2.29. The molecule has 4 rings (SSSR count). The van der Waals surface area contributed by atoms with Crippen LogP contribution in [0.5, 0.6) is 0 Å². The first-order chi connectivity index (χ1) is 13.5. The minimum Gasteiger partial charge on any atom is -0.449 e. The summed E-state index contributed by atoms with van der Waals surface area (Å²) >= 11 is 0. The zero-order valence-corrected chi connectivity index (χ0v) is 15.9. The van der Waals surface area contributed by atoms with E-state index in [1.165, 1.54) is 0 Å². The van der Waals surface area contributed by atoms with E-state index in [2.05, 4.69) is 10.3 Å². The van der Waals surface area contributed by atoms with Gasteiger partial charge >= 0.3 is 0 Å². The van der Waals surface area contributed by atoms with Crippen LogP contribution in [-0.2, 0) is 21.1 Å². The third-order valence-electron chi connectivity index (χ3n) is 4.81. The molecule has 0 spiro atoms. The van der Waals surface area contributed by atoms with E-state index in [-0.39, 0.29) is 29.7 Å². The molecule has 1 N–H and O–H groups in total. The van der Waals surface area contributed by atoms with Crippen molar-refractivity contribution in [2.45, 2.75) is 29.5 Å². The predicted octanol–water partition coefficient (Wildman–Crippen LogP) is 2.71. The van der Waals surface area contributed by atoms with E-state index < -0.39 is 15.1 Å². The van der Waals surface area contributed by atoms with Crippen LogP contribution >= 0.6 is 0 Å². The van der Waals surface area contributed by atoms with Gasteiger partial charge in [0.25, 0.3) is 5.91 Å². The first-order valence-electron chi connectivity index (χ1n) is 9.06. The van der Waals surface area contributed by atoms with Crippen LogP contribution in [0.2, 0.25) is 0 Å². The number of sulfone groups is 1. The summed E-state index contributed by atoms with van der Waals surface area (Å²) in [4.78, 5) is 16.5. The molecule has 1 amide bonds. The summed E-state index contributed by atoms with van der Waals surface area (Å²) in [5.41, 5.74) is 1.35. The fraction of sp³-hybridized carbons (Fsp3) is 0.300. The standard InChI is InChI=1S/C20H20N2O5S/c23-20(18-10-15-7-8-21-12-19(15)27-18)22-11-14-3-5-16(6-4-14)28(24,25)17-2-1-9-26-13-17/h3-8,10,12,17H,1-2,9,11,13H2,(H,22,23). The van der Waals surface area contributed by atoms with Crippen molar-refractivity contribution >= 4 is 26.7 Å². The summed E-state index contributed by atoms with van der Waals surface area (Å²) in [6.07, 6.45) is 4.57. The van der Waals surface area contributed by atoms with Crippen LogP contribution in [-0.4, -0.2) is 37.8 Å². The summed E-state index contributed by atoms with van der Waals surface area (Å²) in [6, 6.07) is 10.0. The smallest absolute Gasteiger partial charge is 0.287 e. The third kappa shape index (κ3) is 3.79. The Morgan fingerprint density at radius 2 is 2.04 bits per heavy atom. The summed E-state index contributed by atoms with van der Waals surface area (Å²) in [5, 5.41) is 3.09. The summed E-state index contributed by atoms with van der Waals surface area (Å²) in [6.45, 7) is 1.13. The van der Waals surface area contributed by atoms with Crippen molar-refractivity contribution in [3.8, 4) is 0 Å². The summed E-state index contributed by atoms with van der Waals surface area (Å²) in [7, 11) is -3.40. The van der Waals surface area contributed by atoms with E-state index in [1.54, 1.807) is 48.8 Å². The molecule has 1 unspecified atom stereocenters. The Balaban J connectivity index is 1.41. The van der Waals surface area contributed by atoms with E-state index in [1.807, 2.05) is 0 Å². The maximum atomic E-state index is 12.7. The fourth-order valence-electron chi connectivity index (χ4n) is 3.21. The molecule has 1 atom stereocenters. The van der Waals surface area contributed by atoms with E-state index in [0.29, 0.717) is 18.6 Å². The average molecular weight is 400 g/mol. The second-order valence-corrected chi connectivity index (χ2v) is 8.96. The highest BCUT2D eigenvalue weighted by atomic mass is 32.2. The Kier molecular flexibility index (Phi) is 5.15. The number of furan rings is 1. The summed E-state index contributed by atoms with van der Waals surface area (Å²) in [5.74, 6) is -0.133. The number of carbonyl (C=O) groups is 1. The lowest BCUT2D eigenvalue weighted by Crippen LogP contribution is -2.31. The van der Waals surface area contributed by atoms with E-state index in [4.69, 9.17) is 9.15 Å². The quantitative estimate of drug-likeness (QED) is 0.707. The number of fused-ring (bicyclic) bond motifs is 1. The molecule has 3 aromatic rings. The normalized spacial score (nSPS) is 17.5. The summed E-state index contributed by atoms with van der Waals surface area (Å²) < 4.78 is 36.1. The van der Waals surface area contributed by atoms with Crippen molar-refractivity contribution in [3.63, 3.8) is 0 Å². The number of amides is 1. The number of benzene rings is 1. The van der Waals surface area contributed by atoms with Gasteiger partial charge in [-0.05, 0) is 42.7 Å². The van der Waals surface area contributed by atoms with Gasteiger partial charge in [-0.15, -0.1) is 0 Å². The average Bonchev–Trinajstić information content (AvgIpc) is 3.17. The second-order valence-electron chi connectivity index (χ2n) is 6.73. The minimum absolute atomic E-state index is 0.208. The van der Waals surface area contributed by atoms with Crippen molar-refractivity contribution in [2.24, 2.45) is 0 Å². The van der Waals surface area contributed by atoms with Crippen LogP contribution in [0, 0.1) is 0 Å². The molecule has 1 aliphatic rings. The number of nitrogens with zero attached hydrogens (tertiary/aromatic N) is 1. The molecule has 8 heteroatoms. The van der Waals surface area contributed by atoms with Crippen molar-refractivity contribution in [1.29, 1.82) is 0 Å². The van der Waals surface area contributed by atoms with Gasteiger partial charge in [0.1, 0.15) is 0 Å². The zero-order chi connectivity index (χ0) is 19.6. The number of hydrogen-bond donors (Lipinski definition) is 1. The van der Waals surface area contributed by atoms with Crippen LogP contribution in [0.1, 0.15) is 29.0 Å². The first-order valence-corrected chi connectivity index (χ1v) is 10.6. The van der Waals surface area contributed by atoms with Gasteiger partial charge < -0.3 is 14.5 Å². The number of rotatable bonds is 5. The predicted molar refractivity (Wildman–Crippen MR) is 103 cm³/mol. The molecule has 1 aromatic carbocycles. The molecule has 1 fully saturated rings. The van der Waals surface area contributed by atoms with Gasteiger partial charge in [-0.1, -0.05) is 12.1 Å². The maximum absolute atomic E-state index is 12.7. The lowest BCUT2D eigenvalue weighted by atomic mass is 10.2. The number of carbonyl (C=O) groups excluding carboxylic acids is 1. The number of ether oxygens (including phenoxy) is 1. The molecule has 1 saturated heterocycles. The van der Waals surface area contributed by atoms with Crippen LogP contribution in [0.4, 0.5) is 0 Å². The SMILES string of the molecule is O=C(NCc1ccc(S(=O)(=O)C2CCCOC2)cc1)c1cc2ccncc2o1. The van der Waals surface area contributed by atoms with Crippen LogP contribution < -0.4 is 5.32 Å². The molecule has 1 aliphatic heterocycles.